The molecule has 2 aromatic rings. The first-order valence-electron chi connectivity index (χ1n) is 10.9. The van der Waals surface area contributed by atoms with E-state index in [0.717, 1.165) is 24.9 Å². The topological polar surface area (TPSA) is 108 Å². The van der Waals surface area contributed by atoms with Crippen molar-refractivity contribution in [3.8, 4) is 0 Å². The van der Waals surface area contributed by atoms with E-state index in [1.807, 2.05) is 24.3 Å². The van der Waals surface area contributed by atoms with Crippen molar-refractivity contribution in [3.05, 3.63) is 59.7 Å². The average Bonchev–Trinajstić information content (AvgIpc) is 2.75. The van der Waals surface area contributed by atoms with Gasteiger partial charge in [-0.05, 0) is 82.1 Å². The van der Waals surface area contributed by atoms with Crippen molar-refractivity contribution in [1.29, 1.82) is 0 Å². The molecule has 0 fully saturated rings. The molecule has 0 unspecified atom stereocenters. The molecule has 0 bridgehead atoms. The van der Waals surface area contributed by atoms with Crippen LogP contribution in [0.3, 0.4) is 0 Å². The van der Waals surface area contributed by atoms with Gasteiger partial charge in [-0.1, -0.05) is 12.8 Å². The predicted octanol–water partition coefficient (Wildman–Crippen LogP) is 4.91. The number of hydroxylamine groups is 1. The Morgan fingerprint density at radius 2 is 1.19 bits per heavy atom. The summed E-state index contributed by atoms with van der Waals surface area (Å²) in [7, 11) is 0. The predicted molar refractivity (Wildman–Crippen MR) is 126 cm³/mol. The number of ketones is 1. The summed E-state index contributed by atoms with van der Waals surface area (Å²) in [5.41, 5.74) is 4.33. The molecule has 172 valence electrons. The highest BCUT2D eigenvalue weighted by atomic mass is 16.5. The van der Waals surface area contributed by atoms with E-state index in [1.54, 1.807) is 29.7 Å². The van der Waals surface area contributed by atoms with E-state index in [-0.39, 0.29) is 29.6 Å². The highest BCUT2D eigenvalue weighted by Gasteiger charge is 2.12. The SMILES string of the molecule is CC(C)(C)Nc1ccc(C(=O)c2ccc(NC(=O)CCCCCCC(=O)NO)cc2)cc1. The Hall–Kier alpha value is -3.19. The van der Waals surface area contributed by atoms with Crippen molar-refractivity contribution in [1.82, 2.24) is 5.48 Å². The lowest BCUT2D eigenvalue weighted by Crippen LogP contribution is -2.25. The monoisotopic (exact) mass is 439 g/mol. The van der Waals surface area contributed by atoms with Gasteiger partial charge in [0.2, 0.25) is 11.8 Å². The van der Waals surface area contributed by atoms with E-state index >= 15 is 0 Å². The van der Waals surface area contributed by atoms with E-state index < -0.39 is 0 Å². The number of benzene rings is 2. The molecule has 0 aromatic heterocycles. The number of nitrogens with one attached hydrogen (secondary N) is 3. The number of unbranched alkanes of at least 4 members (excludes halogenated alkanes) is 3. The number of amides is 2. The first-order chi connectivity index (χ1) is 15.2. The number of rotatable bonds is 11. The molecule has 2 rings (SSSR count). The van der Waals surface area contributed by atoms with Crippen LogP contribution in [0.1, 0.15) is 75.2 Å². The van der Waals surface area contributed by atoms with Gasteiger partial charge in [-0.25, -0.2) is 5.48 Å². The van der Waals surface area contributed by atoms with Crippen molar-refractivity contribution in [2.75, 3.05) is 10.6 Å². The Morgan fingerprint density at radius 3 is 1.66 bits per heavy atom. The number of hydrogen-bond donors (Lipinski definition) is 4. The van der Waals surface area contributed by atoms with Crippen molar-refractivity contribution < 1.29 is 19.6 Å². The Labute approximate surface area is 189 Å². The second kappa shape index (κ2) is 12.0. The van der Waals surface area contributed by atoms with Crippen LogP contribution in [0, 0.1) is 0 Å². The minimum atomic E-state index is -0.390. The molecule has 0 atom stereocenters. The zero-order chi connectivity index (χ0) is 23.6. The molecule has 4 N–H and O–H groups in total. The molecular weight excluding hydrogens is 406 g/mol. The van der Waals surface area contributed by atoms with Crippen molar-refractivity contribution in [3.63, 3.8) is 0 Å². The number of anilines is 2. The zero-order valence-corrected chi connectivity index (χ0v) is 19.0. The standard InChI is InChI=1S/C25H33N3O4/c1-25(2,3)27-21-16-12-19(13-17-21)24(31)18-10-14-20(15-11-18)26-22(29)8-6-4-5-7-9-23(30)28-32/h10-17,27,32H,4-9H2,1-3H3,(H,26,29)(H,28,30). The summed E-state index contributed by atoms with van der Waals surface area (Å²) in [5, 5.41) is 14.6. The van der Waals surface area contributed by atoms with Gasteiger partial charge in [-0.15, -0.1) is 0 Å². The van der Waals surface area contributed by atoms with Crippen LogP contribution in [0.25, 0.3) is 0 Å². The summed E-state index contributed by atoms with van der Waals surface area (Å²) in [6.45, 7) is 6.23. The molecule has 0 saturated heterocycles. The Balaban J connectivity index is 1.79. The van der Waals surface area contributed by atoms with Gasteiger partial charge in [0.25, 0.3) is 0 Å². The molecule has 0 aliphatic carbocycles. The van der Waals surface area contributed by atoms with Crippen LogP contribution in [0.5, 0.6) is 0 Å². The molecular formula is C25H33N3O4. The summed E-state index contributed by atoms with van der Waals surface area (Å²) in [5.74, 6) is -0.543. The molecule has 0 aliphatic heterocycles. The van der Waals surface area contributed by atoms with E-state index in [2.05, 4.69) is 31.4 Å². The summed E-state index contributed by atoms with van der Waals surface area (Å²) >= 11 is 0. The summed E-state index contributed by atoms with van der Waals surface area (Å²) in [4.78, 5) is 35.7. The highest BCUT2D eigenvalue weighted by molar-refractivity contribution is 6.09. The van der Waals surface area contributed by atoms with Gasteiger partial charge < -0.3 is 10.6 Å². The molecule has 7 nitrogen and oxygen atoms in total. The number of hydrogen-bond acceptors (Lipinski definition) is 5. The van der Waals surface area contributed by atoms with Crippen LogP contribution in [0.15, 0.2) is 48.5 Å². The molecule has 0 aliphatic rings. The lowest BCUT2D eigenvalue weighted by molar-refractivity contribution is -0.129. The summed E-state index contributed by atoms with van der Waals surface area (Å²) in [6.07, 6.45) is 3.74. The third-order valence-corrected chi connectivity index (χ3v) is 4.78. The normalized spacial score (nSPS) is 11.0. The first-order valence-corrected chi connectivity index (χ1v) is 10.9. The minimum Gasteiger partial charge on any atom is -0.380 e. The second-order valence-corrected chi connectivity index (χ2v) is 8.86. The highest BCUT2D eigenvalue weighted by Crippen LogP contribution is 2.19. The molecule has 32 heavy (non-hydrogen) atoms. The van der Waals surface area contributed by atoms with Crippen LogP contribution < -0.4 is 16.1 Å². The fraction of sp³-hybridized carbons (Fsp3) is 0.400. The van der Waals surface area contributed by atoms with Gasteiger partial charge in [0.15, 0.2) is 5.78 Å². The molecule has 0 spiro atoms. The van der Waals surface area contributed by atoms with Gasteiger partial charge >= 0.3 is 0 Å². The Morgan fingerprint density at radius 1 is 0.719 bits per heavy atom. The van der Waals surface area contributed by atoms with E-state index in [0.29, 0.717) is 29.7 Å². The van der Waals surface area contributed by atoms with Gasteiger partial charge in [-0.3, -0.25) is 19.6 Å². The maximum Gasteiger partial charge on any atom is 0.243 e. The molecule has 2 amide bonds. The average molecular weight is 440 g/mol. The lowest BCUT2D eigenvalue weighted by Gasteiger charge is -2.22. The molecule has 0 heterocycles. The van der Waals surface area contributed by atoms with Crippen LogP contribution in [0.4, 0.5) is 11.4 Å². The Bertz CT molecular complexity index is 900. The van der Waals surface area contributed by atoms with E-state index in [9.17, 15) is 14.4 Å². The van der Waals surface area contributed by atoms with Crippen LogP contribution in [-0.2, 0) is 9.59 Å². The lowest BCUT2D eigenvalue weighted by atomic mass is 10.0. The van der Waals surface area contributed by atoms with Gasteiger partial charge in [-0.2, -0.15) is 0 Å². The van der Waals surface area contributed by atoms with Crippen LogP contribution >= 0.6 is 0 Å². The maximum atomic E-state index is 12.7. The third kappa shape index (κ3) is 8.89. The largest absolute Gasteiger partial charge is 0.380 e. The molecule has 0 radical (unpaired) electrons. The van der Waals surface area contributed by atoms with Gasteiger partial charge in [0.05, 0.1) is 0 Å². The van der Waals surface area contributed by atoms with Gasteiger partial charge in [0.1, 0.15) is 0 Å². The van der Waals surface area contributed by atoms with E-state index in [1.165, 1.54) is 0 Å². The van der Waals surface area contributed by atoms with Crippen molar-refractivity contribution >= 4 is 29.0 Å². The van der Waals surface area contributed by atoms with Gasteiger partial charge in [0, 0.05) is 40.9 Å². The summed E-state index contributed by atoms with van der Waals surface area (Å²) < 4.78 is 0. The molecule has 7 heteroatoms. The molecule has 2 aromatic carbocycles. The third-order valence-electron chi connectivity index (χ3n) is 4.78. The van der Waals surface area contributed by atoms with Crippen LogP contribution in [-0.4, -0.2) is 28.3 Å². The smallest absolute Gasteiger partial charge is 0.243 e. The second-order valence-electron chi connectivity index (χ2n) is 8.86. The number of carbonyl (C=O) groups excluding carboxylic acids is 3. The van der Waals surface area contributed by atoms with Crippen molar-refractivity contribution in [2.45, 2.75) is 64.8 Å². The first kappa shape index (κ1) is 25.1. The number of carbonyl (C=O) groups is 3. The minimum absolute atomic E-state index is 0.0513. The molecule has 0 saturated carbocycles. The zero-order valence-electron chi connectivity index (χ0n) is 19.0. The fourth-order valence-corrected chi connectivity index (χ4v) is 3.21. The van der Waals surface area contributed by atoms with Crippen molar-refractivity contribution in [2.24, 2.45) is 0 Å². The maximum absolute atomic E-state index is 12.7. The Kier molecular flexibility index (Phi) is 9.40. The van der Waals surface area contributed by atoms with E-state index in [4.69, 9.17) is 5.21 Å². The summed E-state index contributed by atoms with van der Waals surface area (Å²) in [6, 6.07) is 14.3. The fourth-order valence-electron chi connectivity index (χ4n) is 3.21. The quantitative estimate of drug-likeness (QED) is 0.172. The van der Waals surface area contributed by atoms with Crippen LogP contribution in [0.2, 0.25) is 0 Å².